The van der Waals surface area contributed by atoms with Gasteiger partial charge in [-0.25, -0.2) is 4.79 Å². The van der Waals surface area contributed by atoms with Crippen LogP contribution in [0.4, 0.5) is 18.9 Å². The summed E-state index contributed by atoms with van der Waals surface area (Å²) in [6.45, 7) is 3.18. The summed E-state index contributed by atoms with van der Waals surface area (Å²) in [5, 5.41) is 7.12. The molecule has 1 aliphatic heterocycles. The number of halogens is 3. The van der Waals surface area contributed by atoms with Crippen LogP contribution >= 0.6 is 0 Å². The molecule has 0 fully saturated rings. The first kappa shape index (κ1) is 23.9. The third kappa shape index (κ3) is 5.75. The first-order chi connectivity index (χ1) is 15.6. The molecular formula is C24H22F3N3O3. The van der Waals surface area contributed by atoms with Crippen molar-refractivity contribution in [3.8, 4) is 11.1 Å². The Hall–Kier alpha value is -3.72. The monoisotopic (exact) mass is 457 g/mol. The molecule has 0 atom stereocenters. The van der Waals surface area contributed by atoms with Gasteiger partial charge in [-0.1, -0.05) is 30.3 Å². The van der Waals surface area contributed by atoms with Gasteiger partial charge in [0.1, 0.15) is 0 Å². The van der Waals surface area contributed by atoms with Crippen molar-refractivity contribution in [2.75, 3.05) is 11.4 Å². The zero-order valence-corrected chi connectivity index (χ0v) is 17.8. The Bertz CT molecular complexity index is 1180. The van der Waals surface area contributed by atoms with Gasteiger partial charge in [-0.05, 0) is 53.4 Å². The first-order valence-electron chi connectivity index (χ1n) is 10.1. The second kappa shape index (κ2) is 9.83. The van der Waals surface area contributed by atoms with E-state index < -0.39 is 12.1 Å². The number of carboxylic acids is 1. The van der Waals surface area contributed by atoms with Crippen molar-refractivity contribution >= 4 is 17.6 Å². The average molecular weight is 457 g/mol. The average Bonchev–Trinajstić information content (AvgIpc) is 3.21. The largest absolute Gasteiger partial charge is 0.490 e. The number of hydrogen-bond acceptors (Lipinski definition) is 4. The van der Waals surface area contributed by atoms with Gasteiger partial charge in [0.15, 0.2) is 0 Å². The number of alkyl halides is 3. The lowest BCUT2D eigenvalue weighted by molar-refractivity contribution is -0.192. The molecule has 6 nitrogen and oxygen atoms in total. The van der Waals surface area contributed by atoms with Crippen LogP contribution in [0.15, 0.2) is 60.8 Å². The molecule has 0 unspecified atom stereocenters. The Kier molecular flexibility index (Phi) is 7.13. The topological polar surface area (TPSA) is 96.5 Å². The molecule has 0 radical (unpaired) electrons. The second-order valence-electron chi connectivity index (χ2n) is 7.47. The van der Waals surface area contributed by atoms with E-state index in [9.17, 15) is 18.0 Å². The number of pyridine rings is 1. The molecular weight excluding hydrogens is 435 g/mol. The Labute approximate surface area is 188 Å². The number of carbonyl (C=O) groups is 2. The molecule has 1 aliphatic rings. The van der Waals surface area contributed by atoms with Crippen molar-refractivity contribution in [3.63, 3.8) is 0 Å². The standard InChI is InChI=1S/C22H21N3O.C2HF3O2/c1-15-10-21-20(24-14-15)8-9-25(21)22(26)19-7-3-6-18(12-19)17-5-2-4-16(11-17)13-23;3-2(4,5)1(6)7/h2-7,10-12,14H,8-9,13,23H2,1H3;(H,6,7). The van der Waals surface area contributed by atoms with Gasteiger partial charge >= 0.3 is 12.1 Å². The van der Waals surface area contributed by atoms with E-state index in [1.165, 1.54) is 0 Å². The minimum atomic E-state index is -5.08. The van der Waals surface area contributed by atoms with E-state index in [-0.39, 0.29) is 5.91 Å². The first-order valence-corrected chi connectivity index (χ1v) is 10.1. The number of rotatable bonds is 3. The van der Waals surface area contributed by atoms with Crippen LogP contribution in [-0.4, -0.2) is 34.7 Å². The van der Waals surface area contributed by atoms with Gasteiger partial charge in [-0.15, -0.1) is 0 Å². The molecule has 0 saturated heterocycles. The minimum absolute atomic E-state index is 0.0213. The maximum atomic E-state index is 13.1. The molecule has 1 aromatic heterocycles. The molecule has 2 aromatic carbocycles. The van der Waals surface area contributed by atoms with Crippen LogP contribution in [0.3, 0.4) is 0 Å². The molecule has 3 N–H and O–H groups in total. The number of hydrogen-bond donors (Lipinski definition) is 2. The van der Waals surface area contributed by atoms with E-state index in [0.717, 1.165) is 40.1 Å². The zero-order chi connectivity index (χ0) is 24.2. The summed E-state index contributed by atoms with van der Waals surface area (Å²) in [7, 11) is 0. The fraction of sp³-hybridized carbons (Fsp3) is 0.208. The number of carbonyl (C=O) groups excluding carboxylic acids is 1. The van der Waals surface area contributed by atoms with Gasteiger partial charge < -0.3 is 15.7 Å². The molecule has 33 heavy (non-hydrogen) atoms. The second-order valence-corrected chi connectivity index (χ2v) is 7.47. The third-order valence-electron chi connectivity index (χ3n) is 5.04. The summed E-state index contributed by atoms with van der Waals surface area (Å²) in [6.07, 6.45) is -2.42. The molecule has 0 aliphatic carbocycles. The molecule has 3 aromatic rings. The Morgan fingerprint density at radius 3 is 2.36 bits per heavy atom. The van der Waals surface area contributed by atoms with Crippen molar-refractivity contribution in [1.29, 1.82) is 0 Å². The smallest absolute Gasteiger partial charge is 0.475 e. The van der Waals surface area contributed by atoms with Crippen LogP contribution in [0.25, 0.3) is 11.1 Å². The lowest BCUT2D eigenvalue weighted by Gasteiger charge is -2.18. The predicted molar refractivity (Wildman–Crippen MR) is 118 cm³/mol. The number of nitrogens with zero attached hydrogens (tertiary/aromatic N) is 2. The number of fused-ring (bicyclic) bond motifs is 1. The molecule has 9 heteroatoms. The van der Waals surface area contributed by atoms with E-state index in [0.29, 0.717) is 18.7 Å². The molecule has 172 valence electrons. The zero-order valence-electron chi connectivity index (χ0n) is 17.8. The van der Waals surface area contributed by atoms with E-state index in [2.05, 4.69) is 11.1 Å². The minimum Gasteiger partial charge on any atom is -0.475 e. The van der Waals surface area contributed by atoms with Crippen LogP contribution in [0.2, 0.25) is 0 Å². The highest BCUT2D eigenvalue weighted by atomic mass is 19.4. The molecule has 4 rings (SSSR count). The van der Waals surface area contributed by atoms with Gasteiger partial charge in [-0.2, -0.15) is 13.2 Å². The van der Waals surface area contributed by atoms with Crippen LogP contribution in [0.5, 0.6) is 0 Å². The Morgan fingerprint density at radius 1 is 1.09 bits per heavy atom. The number of aliphatic carboxylic acids is 1. The van der Waals surface area contributed by atoms with Gasteiger partial charge in [0.05, 0.1) is 11.4 Å². The van der Waals surface area contributed by atoms with Crippen LogP contribution in [0.1, 0.15) is 27.2 Å². The highest BCUT2D eigenvalue weighted by Gasteiger charge is 2.38. The van der Waals surface area contributed by atoms with Gasteiger partial charge in [0, 0.05) is 31.3 Å². The summed E-state index contributed by atoms with van der Waals surface area (Å²) in [6, 6.07) is 18.0. The van der Waals surface area contributed by atoms with Crippen molar-refractivity contribution < 1.29 is 27.9 Å². The normalized spacial score (nSPS) is 12.6. The Morgan fingerprint density at radius 2 is 1.73 bits per heavy atom. The van der Waals surface area contributed by atoms with Crippen LogP contribution in [-0.2, 0) is 17.8 Å². The molecule has 0 spiro atoms. The van der Waals surface area contributed by atoms with E-state index >= 15 is 0 Å². The summed E-state index contributed by atoms with van der Waals surface area (Å²) in [5.41, 5.74) is 12.6. The molecule has 1 amide bonds. The number of nitrogens with two attached hydrogens (primary N) is 1. The number of anilines is 1. The summed E-state index contributed by atoms with van der Waals surface area (Å²) in [5.74, 6) is -2.74. The lowest BCUT2D eigenvalue weighted by atomic mass is 10.0. The summed E-state index contributed by atoms with van der Waals surface area (Å²) >= 11 is 0. The fourth-order valence-electron chi connectivity index (χ4n) is 3.42. The number of carboxylic acid groups (broad SMARTS) is 1. The van der Waals surface area contributed by atoms with Gasteiger partial charge in [0.2, 0.25) is 0 Å². The fourth-order valence-corrected chi connectivity index (χ4v) is 3.42. The number of benzene rings is 2. The van der Waals surface area contributed by atoms with Gasteiger partial charge in [0.25, 0.3) is 5.91 Å². The molecule has 0 saturated carbocycles. The van der Waals surface area contributed by atoms with E-state index in [1.807, 2.05) is 66.6 Å². The van der Waals surface area contributed by atoms with Crippen molar-refractivity contribution in [2.24, 2.45) is 5.73 Å². The van der Waals surface area contributed by atoms with Crippen molar-refractivity contribution in [3.05, 3.63) is 83.2 Å². The number of aromatic nitrogens is 1. The van der Waals surface area contributed by atoms with Crippen molar-refractivity contribution in [2.45, 2.75) is 26.1 Å². The predicted octanol–water partition coefficient (Wildman–Crippen LogP) is 4.35. The van der Waals surface area contributed by atoms with Gasteiger partial charge in [-0.3, -0.25) is 9.78 Å². The van der Waals surface area contributed by atoms with Crippen molar-refractivity contribution in [1.82, 2.24) is 4.98 Å². The quantitative estimate of drug-likeness (QED) is 0.610. The van der Waals surface area contributed by atoms with Crippen LogP contribution < -0.4 is 10.6 Å². The van der Waals surface area contributed by atoms with Crippen LogP contribution in [0, 0.1) is 6.92 Å². The Balaban J connectivity index is 0.000000383. The third-order valence-corrected chi connectivity index (χ3v) is 5.04. The molecule has 0 bridgehead atoms. The maximum absolute atomic E-state index is 13.1. The molecule has 2 heterocycles. The summed E-state index contributed by atoms with van der Waals surface area (Å²) in [4.78, 5) is 28.3. The summed E-state index contributed by atoms with van der Waals surface area (Å²) < 4.78 is 31.7. The van der Waals surface area contributed by atoms with E-state index in [1.54, 1.807) is 0 Å². The SMILES string of the molecule is Cc1cnc2c(c1)N(C(=O)c1cccc(-c3cccc(CN)c3)c1)CC2.O=C(O)C(F)(F)F. The highest BCUT2D eigenvalue weighted by Crippen LogP contribution is 2.29. The maximum Gasteiger partial charge on any atom is 0.490 e. The van der Waals surface area contributed by atoms with E-state index in [4.69, 9.17) is 15.6 Å². The number of aryl methyl sites for hydroxylation is 1. The lowest BCUT2D eigenvalue weighted by Crippen LogP contribution is -2.28. The highest BCUT2D eigenvalue weighted by molar-refractivity contribution is 6.07. The number of amides is 1.